The maximum Gasteiger partial charge on any atom is 0.310 e. The number of nitrogens with two attached hydrogens (primary N) is 1. The van der Waals surface area contributed by atoms with Gasteiger partial charge in [0, 0.05) is 24.2 Å². The zero-order valence-corrected chi connectivity index (χ0v) is 17.5. The van der Waals surface area contributed by atoms with E-state index in [1.165, 1.54) is 5.56 Å². The monoisotopic (exact) mass is 368 g/mol. The van der Waals surface area contributed by atoms with Crippen molar-refractivity contribution in [1.82, 2.24) is 4.98 Å². The average Bonchev–Trinajstić information content (AvgIpc) is 2.61. The summed E-state index contributed by atoms with van der Waals surface area (Å²) >= 11 is 0. The standard InChI is InChI=1S/C23H32N2O2/c1-7-18-22(27-20(26)8-2)21(16-11-9-15(3)10-12-16)17(14-24)19(25-18)13-23(4,5)6/h9-12H,7-8,13-14,24H2,1-6H3. The maximum absolute atomic E-state index is 12.1. The molecule has 0 spiro atoms. The average molecular weight is 369 g/mol. The summed E-state index contributed by atoms with van der Waals surface area (Å²) in [5.41, 5.74) is 12.1. The smallest absolute Gasteiger partial charge is 0.310 e. The number of ether oxygens (including phenoxy) is 1. The van der Waals surface area contributed by atoms with E-state index in [0.717, 1.165) is 34.5 Å². The molecule has 4 nitrogen and oxygen atoms in total. The third kappa shape index (κ3) is 5.16. The van der Waals surface area contributed by atoms with Crippen molar-refractivity contribution >= 4 is 5.97 Å². The van der Waals surface area contributed by atoms with Gasteiger partial charge in [0.05, 0.1) is 5.69 Å². The number of aromatic nitrogens is 1. The topological polar surface area (TPSA) is 65.2 Å². The molecule has 0 fully saturated rings. The van der Waals surface area contributed by atoms with Gasteiger partial charge in [-0.15, -0.1) is 0 Å². The highest BCUT2D eigenvalue weighted by atomic mass is 16.5. The lowest BCUT2D eigenvalue weighted by Gasteiger charge is -2.24. The van der Waals surface area contributed by atoms with Crippen LogP contribution in [-0.4, -0.2) is 11.0 Å². The van der Waals surface area contributed by atoms with Gasteiger partial charge < -0.3 is 10.5 Å². The van der Waals surface area contributed by atoms with Crippen LogP contribution < -0.4 is 10.5 Å². The van der Waals surface area contributed by atoms with E-state index < -0.39 is 0 Å². The predicted molar refractivity (Wildman–Crippen MR) is 111 cm³/mol. The number of esters is 1. The summed E-state index contributed by atoms with van der Waals surface area (Å²) in [6, 6.07) is 8.26. The van der Waals surface area contributed by atoms with Gasteiger partial charge >= 0.3 is 5.97 Å². The lowest BCUT2D eigenvalue weighted by Crippen LogP contribution is -2.18. The second-order valence-electron chi connectivity index (χ2n) is 8.18. The molecule has 2 aromatic rings. The second kappa shape index (κ2) is 8.66. The first kappa shape index (κ1) is 21.1. The molecule has 0 bridgehead atoms. The summed E-state index contributed by atoms with van der Waals surface area (Å²) < 4.78 is 5.77. The Bertz CT molecular complexity index is 803. The van der Waals surface area contributed by atoms with E-state index in [1.54, 1.807) is 6.92 Å². The lowest BCUT2D eigenvalue weighted by molar-refractivity contribution is -0.134. The van der Waals surface area contributed by atoms with Crippen molar-refractivity contribution in [3.8, 4) is 16.9 Å². The lowest BCUT2D eigenvalue weighted by atomic mass is 9.86. The van der Waals surface area contributed by atoms with Gasteiger partial charge in [-0.2, -0.15) is 0 Å². The van der Waals surface area contributed by atoms with Gasteiger partial charge in [0.2, 0.25) is 0 Å². The Hall–Kier alpha value is -2.20. The van der Waals surface area contributed by atoms with Gasteiger partial charge in [-0.3, -0.25) is 9.78 Å². The molecule has 0 aliphatic carbocycles. The molecule has 0 atom stereocenters. The molecule has 0 radical (unpaired) electrons. The van der Waals surface area contributed by atoms with Crippen molar-refractivity contribution < 1.29 is 9.53 Å². The molecule has 27 heavy (non-hydrogen) atoms. The van der Waals surface area contributed by atoms with Crippen LogP contribution in [-0.2, 0) is 24.2 Å². The highest BCUT2D eigenvalue weighted by Crippen LogP contribution is 2.39. The summed E-state index contributed by atoms with van der Waals surface area (Å²) in [4.78, 5) is 17.0. The second-order valence-corrected chi connectivity index (χ2v) is 8.18. The van der Waals surface area contributed by atoms with Crippen molar-refractivity contribution in [1.29, 1.82) is 0 Å². The minimum atomic E-state index is -0.258. The molecule has 2 N–H and O–H groups in total. The van der Waals surface area contributed by atoms with Gasteiger partial charge in [0.15, 0.2) is 5.75 Å². The number of nitrogens with zero attached hydrogens (tertiary/aromatic N) is 1. The van der Waals surface area contributed by atoms with Gasteiger partial charge in [-0.25, -0.2) is 0 Å². The van der Waals surface area contributed by atoms with Crippen molar-refractivity contribution in [2.75, 3.05) is 0 Å². The largest absolute Gasteiger partial charge is 0.424 e. The summed E-state index contributed by atoms with van der Waals surface area (Å²) in [5, 5.41) is 0. The maximum atomic E-state index is 12.1. The summed E-state index contributed by atoms with van der Waals surface area (Å²) in [7, 11) is 0. The molecule has 0 aliphatic heterocycles. The van der Waals surface area contributed by atoms with Gasteiger partial charge in [-0.05, 0) is 36.3 Å². The van der Waals surface area contributed by atoms with Crippen LogP contribution >= 0.6 is 0 Å². The van der Waals surface area contributed by atoms with Gasteiger partial charge in [0.25, 0.3) is 0 Å². The van der Waals surface area contributed by atoms with Crippen LogP contribution in [0.4, 0.5) is 0 Å². The molecule has 1 heterocycles. The van der Waals surface area contributed by atoms with Crippen LogP contribution in [0.1, 0.15) is 63.6 Å². The molecule has 146 valence electrons. The Balaban J connectivity index is 2.81. The number of aryl methyl sites for hydroxylation is 2. The molecule has 4 heteroatoms. The quantitative estimate of drug-likeness (QED) is 0.730. The Morgan fingerprint density at radius 2 is 1.74 bits per heavy atom. The van der Waals surface area contributed by atoms with Gasteiger partial charge in [0.1, 0.15) is 0 Å². The fourth-order valence-electron chi connectivity index (χ4n) is 3.14. The SMILES string of the molecule is CCC(=O)Oc1c(CC)nc(CC(C)(C)C)c(CN)c1-c1ccc(C)cc1. The Labute approximate surface area is 163 Å². The number of carbonyl (C=O) groups excluding carboxylic acids is 1. The third-order valence-electron chi connectivity index (χ3n) is 4.49. The van der Waals surface area contributed by atoms with Crippen LogP contribution in [0, 0.1) is 12.3 Å². The molecule has 2 rings (SSSR count). The Morgan fingerprint density at radius 3 is 2.22 bits per heavy atom. The minimum absolute atomic E-state index is 0.0775. The van der Waals surface area contributed by atoms with E-state index in [0.29, 0.717) is 25.1 Å². The first-order chi connectivity index (χ1) is 12.7. The van der Waals surface area contributed by atoms with Crippen LogP contribution in [0.2, 0.25) is 0 Å². The number of carbonyl (C=O) groups is 1. The molecular weight excluding hydrogens is 336 g/mol. The normalized spacial score (nSPS) is 11.5. The van der Waals surface area contributed by atoms with Crippen LogP contribution in [0.15, 0.2) is 24.3 Å². The summed E-state index contributed by atoms with van der Waals surface area (Å²) in [6.07, 6.45) is 1.82. The Morgan fingerprint density at radius 1 is 1.11 bits per heavy atom. The molecule has 0 aliphatic rings. The molecule has 0 saturated carbocycles. The van der Waals surface area contributed by atoms with E-state index in [4.69, 9.17) is 15.5 Å². The third-order valence-corrected chi connectivity index (χ3v) is 4.49. The van der Waals surface area contributed by atoms with Crippen molar-refractivity contribution in [3.05, 3.63) is 46.8 Å². The Kier molecular flexibility index (Phi) is 6.77. The van der Waals surface area contributed by atoms with E-state index in [-0.39, 0.29) is 11.4 Å². The first-order valence-corrected chi connectivity index (χ1v) is 9.72. The van der Waals surface area contributed by atoms with Crippen LogP contribution in [0.25, 0.3) is 11.1 Å². The molecule has 0 saturated heterocycles. The number of rotatable bonds is 6. The zero-order valence-electron chi connectivity index (χ0n) is 17.5. The number of benzene rings is 1. The summed E-state index contributed by atoms with van der Waals surface area (Å²) in [6.45, 7) is 12.8. The molecule has 0 unspecified atom stereocenters. The molecule has 0 amide bonds. The van der Waals surface area contributed by atoms with Crippen molar-refractivity contribution in [3.63, 3.8) is 0 Å². The number of pyridine rings is 1. The van der Waals surface area contributed by atoms with E-state index in [2.05, 4.69) is 52.0 Å². The van der Waals surface area contributed by atoms with Crippen LogP contribution in [0.3, 0.4) is 0 Å². The van der Waals surface area contributed by atoms with E-state index >= 15 is 0 Å². The molecule has 1 aromatic heterocycles. The van der Waals surface area contributed by atoms with Crippen molar-refractivity contribution in [2.45, 2.75) is 67.3 Å². The summed E-state index contributed by atoms with van der Waals surface area (Å²) in [5.74, 6) is 0.303. The fraction of sp³-hybridized carbons (Fsp3) is 0.478. The molecule has 1 aromatic carbocycles. The number of hydrogen-bond acceptors (Lipinski definition) is 4. The predicted octanol–water partition coefficient (Wildman–Crippen LogP) is 4.98. The van der Waals surface area contributed by atoms with Crippen LogP contribution in [0.5, 0.6) is 5.75 Å². The molecular formula is C23H32N2O2. The zero-order chi connectivity index (χ0) is 20.2. The van der Waals surface area contributed by atoms with Crippen molar-refractivity contribution in [2.24, 2.45) is 11.1 Å². The van der Waals surface area contributed by atoms with E-state index in [1.807, 2.05) is 6.92 Å². The fourth-order valence-corrected chi connectivity index (χ4v) is 3.14. The van der Waals surface area contributed by atoms with Gasteiger partial charge in [-0.1, -0.05) is 64.4 Å². The number of hydrogen-bond donors (Lipinski definition) is 1. The van der Waals surface area contributed by atoms with E-state index in [9.17, 15) is 4.79 Å². The minimum Gasteiger partial charge on any atom is -0.424 e. The highest BCUT2D eigenvalue weighted by molar-refractivity contribution is 5.81. The highest BCUT2D eigenvalue weighted by Gasteiger charge is 2.25. The first-order valence-electron chi connectivity index (χ1n) is 9.72.